The van der Waals surface area contributed by atoms with Crippen molar-refractivity contribution in [2.75, 3.05) is 7.11 Å². The van der Waals surface area contributed by atoms with Crippen LogP contribution in [0.4, 0.5) is 0 Å². The lowest BCUT2D eigenvalue weighted by molar-refractivity contribution is 0.415. The zero-order valence-electron chi connectivity index (χ0n) is 9.81. The molecular weight excluding hydrogens is 245 g/mol. The van der Waals surface area contributed by atoms with Gasteiger partial charge in [-0.1, -0.05) is 30.1 Å². The molecule has 0 aliphatic carbocycles. The van der Waals surface area contributed by atoms with Crippen molar-refractivity contribution in [3.63, 3.8) is 0 Å². The minimum atomic E-state index is 0.486. The molecule has 1 aromatic carbocycles. The van der Waals surface area contributed by atoms with Crippen LogP contribution in [0.25, 0.3) is 0 Å². The lowest BCUT2D eigenvalue weighted by atomic mass is 10.2. The van der Waals surface area contributed by atoms with Gasteiger partial charge in [-0.2, -0.15) is 0 Å². The van der Waals surface area contributed by atoms with Crippen molar-refractivity contribution in [2.45, 2.75) is 32.9 Å². The maximum absolute atomic E-state index is 6.05. The molecule has 4 heteroatoms. The number of nitrogens with one attached hydrogen (secondary N) is 1. The SMILES string of the molecule is CC[C@@H](C)NCc1cc(Cl)c(OC)c(Cl)c1. The molecule has 2 nitrogen and oxygen atoms in total. The van der Waals surface area contributed by atoms with Gasteiger partial charge in [0.2, 0.25) is 0 Å². The largest absolute Gasteiger partial charge is 0.494 e. The average Bonchev–Trinajstić information content (AvgIpc) is 2.25. The van der Waals surface area contributed by atoms with Gasteiger partial charge in [-0.3, -0.25) is 0 Å². The molecule has 0 radical (unpaired) electrons. The molecule has 1 aromatic rings. The van der Waals surface area contributed by atoms with Gasteiger partial charge in [0.05, 0.1) is 17.2 Å². The van der Waals surface area contributed by atoms with Crippen molar-refractivity contribution < 1.29 is 4.74 Å². The van der Waals surface area contributed by atoms with E-state index in [0.29, 0.717) is 21.8 Å². The lowest BCUT2D eigenvalue weighted by Crippen LogP contribution is -2.24. The summed E-state index contributed by atoms with van der Waals surface area (Å²) in [6.45, 7) is 5.05. The molecule has 0 fully saturated rings. The highest BCUT2D eigenvalue weighted by atomic mass is 35.5. The Morgan fingerprint density at radius 1 is 1.31 bits per heavy atom. The Morgan fingerprint density at radius 2 is 1.88 bits per heavy atom. The third-order valence-electron chi connectivity index (χ3n) is 2.53. The first-order valence-corrected chi connectivity index (χ1v) is 6.09. The van der Waals surface area contributed by atoms with E-state index in [4.69, 9.17) is 27.9 Å². The van der Waals surface area contributed by atoms with Crippen molar-refractivity contribution in [1.82, 2.24) is 5.32 Å². The monoisotopic (exact) mass is 261 g/mol. The van der Waals surface area contributed by atoms with Crippen LogP contribution in [-0.2, 0) is 6.54 Å². The Kier molecular flexibility index (Phi) is 5.39. The smallest absolute Gasteiger partial charge is 0.156 e. The van der Waals surface area contributed by atoms with Crippen LogP contribution >= 0.6 is 23.2 Å². The zero-order chi connectivity index (χ0) is 12.1. The molecule has 0 saturated heterocycles. The second kappa shape index (κ2) is 6.33. The topological polar surface area (TPSA) is 21.3 Å². The van der Waals surface area contributed by atoms with Gasteiger partial charge in [0, 0.05) is 12.6 Å². The molecule has 0 heterocycles. The highest BCUT2D eigenvalue weighted by molar-refractivity contribution is 6.37. The first-order chi connectivity index (χ1) is 7.58. The molecule has 0 amide bonds. The second-order valence-electron chi connectivity index (χ2n) is 3.78. The van der Waals surface area contributed by atoms with Crippen molar-refractivity contribution in [3.05, 3.63) is 27.7 Å². The van der Waals surface area contributed by atoms with Gasteiger partial charge in [0.25, 0.3) is 0 Å². The third kappa shape index (κ3) is 3.55. The van der Waals surface area contributed by atoms with Gasteiger partial charge in [-0.05, 0) is 31.0 Å². The molecule has 0 spiro atoms. The minimum absolute atomic E-state index is 0.486. The van der Waals surface area contributed by atoms with Crippen LogP contribution < -0.4 is 10.1 Å². The van der Waals surface area contributed by atoms with Gasteiger partial charge in [-0.25, -0.2) is 0 Å². The van der Waals surface area contributed by atoms with Crippen LogP contribution in [0.5, 0.6) is 5.75 Å². The normalized spacial score (nSPS) is 12.6. The van der Waals surface area contributed by atoms with Gasteiger partial charge >= 0.3 is 0 Å². The number of halogens is 2. The molecule has 0 aliphatic heterocycles. The van der Waals surface area contributed by atoms with Crippen molar-refractivity contribution in [2.24, 2.45) is 0 Å². The van der Waals surface area contributed by atoms with Crippen LogP contribution in [0.1, 0.15) is 25.8 Å². The van der Waals surface area contributed by atoms with Gasteiger partial charge < -0.3 is 10.1 Å². The molecule has 0 aromatic heterocycles. The van der Waals surface area contributed by atoms with E-state index in [1.54, 1.807) is 7.11 Å². The van der Waals surface area contributed by atoms with Crippen LogP contribution in [0.15, 0.2) is 12.1 Å². The average molecular weight is 262 g/mol. The van der Waals surface area contributed by atoms with Crippen molar-refractivity contribution in [3.8, 4) is 5.75 Å². The van der Waals surface area contributed by atoms with Gasteiger partial charge in [0.15, 0.2) is 5.75 Å². The predicted molar refractivity (Wildman–Crippen MR) is 69.6 cm³/mol. The molecule has 0 bridgehead atoms. The molecule has 0 unspecified atom stereocenters. The Balaban J connectivity index is 2.76. The number of benzene rings is 1. The second-order valence-corrected chi connectivity index (χ2v) is 4.60. The number of hydrogen-bond donors (Lipinski definition) is 1. The van der Waals surface area contributed by atoms with E-state index in [2.05, 4.69) is 19.2 Å². The highest BCUT2D eigenvalue weighted by Gasteiger charge is 2.08. The summed E-state index contributed by atoms with van der Waals surface area (Å²) in [6.07, 6.45) is 1.09. The van der Waals surface area contributed by atoms with E-state index in [-0.39, 0.29) is 0 Å². The Labute approximate surface area is 107 Å². The fraction of sp³-hybridized carbons (Fsp3) is 0.500. The summed E-state index contributed by atoms with van der Waals surface area (Å²) in [5, 5.41) is 4.49. The van der Waals surface area contributed by atoms with E-state index in [1.165, 1.54) is 0 Å². The molecular formula is C12H17Cl2NO. The fourth-order valence-corrected chi connectivity index (χ4v) is 2.03. The summed E-state index contributed by atoms with van der Waals surface area (Å²) < 4.78 is 5.09. The van der Waals surface area contributed by atoms with Crippen LogP contribution in [-0.4, -0.2) is 13.2 Å². The summed E-state index contributed by atoms with van der Waals surface area (Å²) in [6, 6.07) is 4.24. The lowest BCUT2D eigenvalue weighted by Gasteiger charge is -2.13. The van der Waals surface area contributed by atoms with E-state index < -0.39 is 0 Å². The van der Waals surface area contributed by atoms with E-state index >= 15 is 0 Å². The summed E-state index contributed by atoms with van der Waals surface area (Å²) in [5.74, 6) is 0.538. The van der Waals surface area contributed by atoms with E-state index in [0.717, 1.165) is 18.5 Å². The summed E-state index contributed by atoms with van der Waals surface area (Å²) >= 11 is 12.1. The Bertz CT molecular complexity index is 332. The first kappa shape index (κ1) is 13.6. The molecule has 16 heavy (non-hydrogen) atoms. The molecule has 1 rings (SSSR count). The number of hydrogen-bond acceptors (Lipinski definition) is 2. The summed E-state index contributed by atoms with van der Waals surface area (Å²) in [7, 11) is 1.56. The summed E-state index contributed by atoms with van der Waals surface area (Å²) in [5.41, 5.74) is 1.07. The number of methoxy groups -OCH3 is 1. The molecule has 90 valence electrons. The molecule has 0 saturated carbocycles. The van der Waals surface area contributed by atoms with Crippen LogP contribution in [0, 0.1) is 0 Å². The maximum atomic E-state index is 6.05. The summed E-state index contributed by atoms with van der Waals surface area (Å²) in [4.78, 5) is 0. The molecule has 0 aliphatic rings. The Hall–Kier alpha value is -0.440. The van der Waals surface area contributed by atoms with Gasteiger partial charge in [0.1, 0.15) is 0 Å². The molecule has 1 atom stereocenters. The van der Waals surface area contributed by atoms with Crippen molar-refractivity contribution in [1.29, 1.82) is 0 Å². The maximum Gasteiger partial charge on any atom is 0.156 e. The zero-order valence-corrected chi connectivity index (χ0v) is 11.3. The minimum Gasteiger partial charge on any atom is -0.494 e. The standard InChI is InChI=1S/C12H17Cl2NO/c1-4-8(2)15-7-9-5-10(13)12(16-3)11(14)6-9/h5-6,8,15H,4,7H2,1-3H3/t8-/m1/s1. The predicted octanol–water partition coefficient (Wildman–Crippen LogP) is 3.89. The molecule has 1 N–H and O–H groups in total. The van der Waals surface area contributed by atoms with Crippen molar-refractivity contribution >= 4 is 23.2 Å². The number of ether oxygens (including phenoxy) is 1. The quantitative estimate of drug-likeness (QED) is 0.869. The highest BCUT2D eigenvalue weighted by Crippen LogP contribution is 2.33. The first-order valence-electron chi connectivity index (χ1n) is 5.33. The third-order valence-corrected chi connectivity index (χ3v) is 3.09. The Morgan fingerprint density at radius 3 is 2.31 bits per heavy atom. The van der Waals surface area contributed by atoms with Crippen LogP contribution in [0.3, 0.4) is 0 Å². The van der Waals surface area contributed by atoms with Gasteiger partial charge in [-0.15, -0.1) is 0 Å². The fourth-order valence-electron chi connectivity index (χ4n) is 1.35. The van der Waals surface area contributed by atoms with Crippen LogP contribution in [0.2, 0.25) is 10.0 Å². The van der Waals surface area contributed by atoms with E-state index in [9.17, 15) is 0 Å². The van der Waals surface area contributed by atoms with E-state index in [1.807, 2.05) is 12.1 Å². The number of rotatable bonds is 5.